The van der Waals surface area contributed by atoms with Crippen LogP contribution in [0.1, 0.15) is 50.5 Å². The molecule has 2 fully saturated rings. The number of hydrogen-bond donors (Lipinski definition) is 2. The fraction of sp³-hybridized carbons (Fsp3) is 0.684. The van der Waals surface area contributed by atoms with Crippen LogP contribution in [-0.2, 0) is 11.3 Å². The number of pyridine rings is 1. The number of β-amino-alcohol motifs (C(OH)–C–C–N with tert-alkyl or cyclic N) is 1. The number of aliphatic hydroxyl groups excluding tert-OH is 1. The molecule has 0 radical (unpaired) electrons. The number of likely N-dealkylation sites (tertiary alicyclic amines) is 1. The first-order valence-electron chi connectivity index (χ1n) is 9.29. The van der Waals surface area contributed by atoms with Crippen LogP contribution in [0.4, 0.5) is 0 Å². The van der Waals surface area contributed by atoms with Gasteiger partial charge in [-0.3, -0.25) is 14.7 Å². The fourth-order valence-electron chi connectivity index (χ4n) is 3.97. The number of aromatic nitrogens is 1. The second-order valence-electron chi connectivity index (χ2n) is 7.32. The van der Waals surface area contributed by atoms with Crippen LogP contribution >= 0.6 is 0 Å². The number of rotatable bonds is 6. The van der Waals surface area contributed by atoms with Crippen molar-refractivity contribution < 1.29 is 9.90 Å². The Hall–Kier alpha value is -1.46. The number of aliphatic hydroxyl groups is 1. The number of nitrogens with zero attached hydrogens (tertiary/aromatic N) is 2. The number of carbonyl (C=O) groups is 1. The predicted octanol–water partition coefficient (Wildman–Crippen LogP) is 2.10. The van der Waals surface area contributed by atoms with E-state index in [9.17, 15) is 9.90 Å². The summed E-state index contributed by atoms with van der Waals surface area (Å²) in [5.41, 5.74) is 1.16. The standard InChI is InChI=1S/C19H29N3O2/c23-18-14-22(13-16-6-3-10-20-12-16)11-9-17(18)21-19(24)8-7-15-4-1-2-5-15/h3,6,10,12,15,17-18,23H,1-2,4-5,7-9,11,13-14H2,(H,21,24)/t17-,18-/m1/s1. The van der Waals surface area contributed by atoms with Gasteiger partial charge < -0.3 is 10.4 Å². The summed E-state index contributed by atoms with van der Waals surface area (Å²) in [6, 6.07) is 3.88. The van der Waals surface area contributed by atoms with E-state index in [0.717, 1.165) is 37.4 Å². The maximum Gasteiger partial charge on any atom is 0.220 e. The van der Waals surface area contributed by atoms with Crippen LogP contribution in [0.25, 0.3) is 0 Å². The van der Waals surface area contributed by atoms with E-state index in [1.807, 2.05) is 12.3 Å². The molecular weight excluding hydrogens is 302 g/mol. The van der Waals surface area contributed by atoms with Gasteiger partial charge in [-0.2, -0.15) is 0 Å². The minimum atomic E-state index is -0.495. The zero-order chi connectivity index (χ0) is 16.8. The molecule has 5 nitrogen and oxygen atoms in total. The molecule has 24 heavy (non-hydrogen) atoms. The molecule has 1 aliphatic heterocycles. The highest BCUT2D eigenvalue weighted by molar-refractivity contribution is 5.76. The fourth-order valence-corrected chi connectivity index (χ4v) is 3.97. The number of hydrogen-bond acceptors (Lipinski definition) is 4. The molecule has 2 N–H and O–H groups in total. The van der Waals surface area contributed by atoms with Gasteiger partial charge in [0.25, 0.3) is 0 Å². The van der Waals surface area contributed by atoms with Crippen molar-refractivity contribution in [3.05, 3.63) is 30.1 Å². The summed E-state index contributed by atoms with van der Waals surface area (Å²) in [4.78, 5) is 18.5. The van der Waals surface area contributed by atoms with E-state index >= 15 is 0 Å². The van der Waals surface area contributed by atoms with Crippen molar-refractivity contribution >= 4 is 5.91 Å². The second-order valence-corrected chi connectivity index (χ2v) is 7.32. The first-order valence-corrected chi connectivity index (χ1v) is 9.29. The highest BCUT2D eigenvalue weighted by Gasteiger charge is 2.29. The monoisotopic (exact) mass is 331 g/mol. The van der Waals surface area contributed by atoms with Crippen molar-refractivity contribution in [2.75, 3.05) is 13.1 Å². The van der Waals surface area contributed by atoms with Crippen molar-refractivity contribution in [2.24, 2.45) is 5.92 Å². The van der Waals surface area contributed by atoms with Gasteiger partial charge in [0, 0.05) is 38.4 Å². The van der Waals surface area contributed by atoms with Crippen molar-refractivity contribution in [3.63, 3.8) is 0 Å². The van der Waals surface area contributed by atoms with Gasteiger partial charge in [-0.1, -0.05) is 31.7 Å². The van der Waals surface area contributed by atoms with Gasteiger partial charge in [-0.25, -0.2) is 0 Å². The van der Waals surface area contributed by atoms with E-state index in [1.165, 1.54) is 25.7 Å². The third kappa shape index (κ3) is 5.02. The van der Waals surface area contributed by atoms with Gasteiger partial charge in [0.1, 0.15) is 0 Å². The van der Waals surface area contributed by atoms with Crippen LogP contribution in [0.5, 0.6) is 0 Å². The summed E-state index contributed by atoms with van der Waals surface area (Å²) >= 11 is 0. The zero-order valence-electron chi connectivity index (χ0n) is 14.4. The molecule has 1 aromatic rings. The van der Waals surface area contributed by atoms with Crippen molar-refractivity contribution in [3.8, 4) is 0 Å². The number of amides is 1. The van der Waals surface area contributed by atoms with Gasteiger partial charge in [0.2, 0.25) is 5.91 Å². The Morgan fingerprint density at radius 3 is 2.88 bits per heavy atom. The van der Waals surface area contributed by atoms with Gasteiger partial charge in [-0.05, 0) is 30.4 Å². The highest BCUT2D eigenvalue weighted by Crippen LogP contribution is 2.28. The van der Waals surface area contributed by atoms with Crippen molar-refractivity contribution in [1.29, 1.82) is 0 Å². The summed E-state index contributed by atoms with van der Waals surface area (Å²) in [6.07, 6.45) is 10.7. The lowest BCUT2D eigenvalue weighted by Gasteiger charge is -2.36. The molecule has 1 aliphatic carbocycles. The van der Waals surface area contributed by atoms with Crippen LogP contribution in [0.3, 0.4) is 0 Å². The van der Waals surface area contributed by atoms with E-state index in [-0.39, 0.29) is 11.9 Å². The molecule has 2 atom stereocenters. The third-order valence-electron chi connectivity index (χ3n) is 5.40. The van der Waals surface area contributed by atoms with Crippen LogP contribution in [0, 0.1) is 5.92 Å². The maximum atomic E-state index is 12.1. The molecule has 1 amide bonds. The molecule has 5 heteroatoms. The Balaban J connectivity index is 1.39. The lowest BCUT2D eigenvalue weighted by atomic mass is 9.99. The molecule has 2 aliphatic rings. The van der Waals surface area contributed by atoms with Crippen molar-refractivity contribution in [1.82, 2.24) is 15.2 Å². The normalized spacial score (nSPS) is 25.7. The van der Waals surface area contributed by atoms with Crippen LogP contribution in [-0.4, -0.2) is 46.1 Å². The molecule has 1 saturated heterocycles. The predicted molar refractivity (Wildman–Crippen MR) is 93.3 cm³/mol. The smallest absolute Gasteiger partial charge is 0.220 e. The zero-order valence-corrected chi connectivity index (χ0v) is 14.4. The quantitative estimate of drug-likeness (QED) is 0.838. The van der Waals surface area contributed by atoms with E-state index in [1.54, 1.807) is 6.20 Å². The summed E-state index contributed by atoms with van der Waals surface area (Å²) in [5.74, 6) is 0.841. The molecule has 0 unspecified atom stereocenters. The molecule has 0 spiro atoms. The largest absolute Gasteiger partial charge is 0.390 e. The van der Waals surface area contributed by atoms with Gasteiger partial charge in [0.05, 0.1) is 12.1 Å². The van der Waals surface area contributed by atoms with Crippen molar-refractivity contribution in [2.45, 2.75) is 63.6 Å². The maximum absolute atomic E-state index is 12.1. The lowest BCUT2D eigenvalue weighted by Crippen LogP contribution is -2.53. The SMILES string of the molecule is O=C(CCC1CCCC1)N[C@@H]1CCN(Cc2cccnc2)C[C@H]1O. The second kappa shape index (κ2) is 8.58. The third-order valence-corrected chi connectivity index (χ3v) is 5.40. The summed E-state index contributed by atoms with van der Waals surface area (Å²) in [7, 11) is 0. The number of piperidine rings is 1. The summed E-state index contributed by atoms with van der Waals surface area (Å²) < 4.78 is 0. The topological polar surface area (TPSA) is 65.5 Å². The van der Waals surface area contributed by atoms with Crippen LogP contribution in [0.2, 0.25) is 0 Å². The number of carbonyl (C=O) groups excluding carboxylic acids is 1. The minimum absolute atomic E-state index is 0.103. The Kier molecular flexibility index (Phi) is 6.21. The van der Waals surface area contributed by atoms with Gasteiger partial charge in [-0.15, -0.1) is 0 Å². The Morgan fingerprint density at radius 2 is 2.17 bits per heavy atom. The van der Waals surface area contributed by atoms with E-state index in [0.29, 0.717) is 13.0 Å². The first-order chi connectivity index (χ1) is 11.7. The minimum Gasteiger partial charge on any atom is -0.390 e. The average Bonchev–Trinajstić information content (AvgIpc) is 3.10. The summed E-state index contributed by atoms with van der Waals surface area (Å²) in [6.45, 7) is 2.29. The van der Waals surface area contributed by atoms with Gasteiger partial charge in [0.15, 0.2) is 0 Å². The molecule has 1 saturated carbocycles. The van der Waals surface area contributed by atoms with Crippen LogP contribution in [0.15, 0.2) is 24.5 Å². The summed E-state index contributed by atoms with van der Waals surface area (Å²) in [5, 5.41) is 13.4. The molecule has 0 bridgehead atoms. The Morgan fingerprint density at radius 1 is 1.33 bits per heavy atom. The van der Waals surface area contributed by atoms with E-state index < -0.39 is 6.10 Å². The molecule has 3 rings (SSSR count). The lowest BCUT2D eigenvalue weighted by molar-refractivity contribution is -0.123. The van der Waals surface area contributed by atoms with E-state index in [4.69, 9.17) is 0 Å². The van der Waals surface area contributed by atoms with Gasteiger partial charge >= 0.3 is 0 Å². The molecule has 0 aromatic carbocycles. The highest BCUT2D eigenvalue weighted by atomic mass is 16.3. The van der Waals surface area contributed by atoms with Crippen LogP contribution < -0.4 is 5.32 Å². The Bertz CT molecular complexity index is 517. The number of nitrogens with one attached hydrogen (secondary N) is 1. The molecular formula is C19H29N3O2. The average molecular weight is 331 g/mol. The first kappa shape index (κ1) is 17.4. The molecule has 1 aromatic heterocycles. The van der Waals surface area contributed by atoms with E-state index in [2.05, 4.69) is 21.3 Å². The molecule has 2 heterocycles. The Labute approximate surface area is 144 Å². The molecule has 132 valence electrons.